The van der Waals surface area contributed by atoms with Gasteiger partial charge in [-0.25, -0.2) is 13.5 Å². The van der Waals surface area contributed by atoms with Crippen molar-refractivity contribution in [1.29, 1.82) is 0 Å². The molecule has 4 nitrogen and oxygen atoms in total. The van der Waals surface area contributed by atoms with Crippen LogP contribution in [0.2, 0.25) is 0 Å². The molecular weight excluding hydrogens is 336 g/mol. The molecule has 134 valence electrons. The third-order valence-electron chi connectivity index (χ3n) is 4.04. The van der Waals surface area contributed by atoms with Gasteiger partial charge in [0.25, 0.3) is 5.56 Å². The number of benzene rings is 2. The molecule has 1 heterocycles. The van der Waals surface area contributed by atoms with Gasteiger partial charge in [0.1, 0.15) is 11.6 Å². The zero-order chi connectivity index (χ0) is 18.7. The van der Waals surface area contributed by atoms with Crippen molar-refractivity contribution in [2.24, 2.45) is 4.99 Å². The Morgan fingerprint density at radius 1 is 1.04 bits per heavy atom. The van der Waals surface area contributed by atoms with Crippen LogP contribution < -0.4 is 5.56 Å². The van der Waals surface area contributed by atoms with E-state index >= 15 is 0 Å². The van der Waals surface area contributed by atoms with Gasteiger partial charge in [0, 0.05) is 5.69 Å². The van der Waals surface area contributed by atoms with E-state index in [2.05, 4.69) is 10.1 Å². The van der Waals surface area contributed by atoms with Crippen molar-refractivity contribution in [2.45, 2.75) is 26.7 Å². The van der Waals surface area contributed by atoms with Crippen molar-refractivity contribution >= 4 is 11.4 Å². The molecule has 0 saturated carbocycles. The number of hydrogen-bond donors (Lipinski definition) is 1. The van der Waals surface area contributed by atoms with Gasteiger partial charge < -0.3 is 0 Å². The number of aromatic nitrogens is 2. The van der Waals surface area contributed by atoms with E-state index in [4.69, 9.17) is 0 Å². The molecule has 0 fully saturated rings. The number of hydrogen-bond acceptors (Lipinski definition) is 2. The third-order valence-corrected chi connectivity index (χ3v) is 4.04. The van der Waals surface area contributed by atoms with Crippen LogP contribution in [0.3, 0.4) is 0 Å². The number of halogens is 2. The summed E-state index contributed by atoms with van der Waals surface area (Å²) in [5.74, 6) is -0.704. The molecule has 0 unspecified atom stereocenters. The molecule has 0 aliphatic carbocycles. The van der Waals surface area contributed by atoms with E-state index < -0.39 is 0 Å². The highest BCUT2D eigenvalue weighted by molar-refractivity contribution is 6.01. The summed E-state index contributed by atoms with van der Waals surface area (Å²) in [5, 5.41) is 3.10. The average molecular weight is 355 g/mol. The lowest BCUT2D eigenvalue weighted by Crippen LogP contribution is -2.19. The van der Waals surface area contributed by atoms with Crippen molar-refractivity contribution in [3.63, 3.8) is 0 Å². The van der Waals surface area contributed by atoms with E-state index in [1.807, 2.05) is 6.92 Å². The third kappa shape index (κ3) is 3.64. The Kier molecular flexibility index (Phi) is 5.11. The molecule has 26 heavy (non-hydrogen) atoms. The van der Waals surface area contributed by atoms with Crippen molar-refractivity contribution in [3.8, 4) is 5.69 Å². The molecule has 0 bridgehead atoms. The van der Waals surface area contributed by atoms with Gasteiger partial charge in [-0.3, -0.25) is 14.9 Å². The molecule has 3 rings (SSSR count). The number of rotatable bonds is 5. The van der Waals surface area contributed by atoms with Gasteiger partial charge in [0.05, 0.1) is 22.6 Å². The van der Waals surface area contributed by atoms with Gasteiger partial charge in [0.15, 0.2) is 0 Å². The molecule has 1 aromatic heterocycles. The fraction of sp³-hybridized carbons (Fsp3) is 0.200. The molecule has 6 heteroatoms. The van der Waals surface area contributed by atoms with Gasteiger partial charge in [-0.15, -0.1) is 0 Å². The molecule has 0 atom stereocenters. The van der Waals surface area contributed by atoms with Crippen LogP contribution in [-0.2, 0) is 6.42 Å². The number of aromatic amines is 1. The summed E-state index contributed by atoms with van der Waals surface area (Å²) in [4.78, 5) is 17.4. The highest BCUT2D eigenvalue weighted by Gasteiger charge is 2.17. The van der Waals surface area contributed by atoms with Gasteiger partial charge in [-0.05, 0) is 61.9 Å². The minimum absolute atomic E-state index is 0.247. The molecule has 0 saturated heterocycles. The summed E-state index contributed by atoms with van der Waals surface area (Å²) < 4.78 is 27.6. The Bertz CT molecular complexity index is 983. The number of nitrogens with zero attached hydrogens (tertiary/aromatic N) is 2. The van der Waals surface area contributed by atoms with Crippen LogP contribution in [0.5, 0.6) is 0 Å². The van der Waals surface area contributed by atoms with Crippen LogP contribution in [0.1, 0.15) is 31.5 Å². The smallest absolute Gasteiger partial charge is 0.280 e. The van der Waals surface area contributed by atoms with Crippen LogP contribution >= 0.6 is 0 Å². The Balaban J connectivity index is 2.09. The molecule has 0 amide bonds. The summed E-state index contributed by atoms with van der Waals surface area (Å²) >= 11 is 0. The lowest BCUT2D eigenvalue weighted by molar-refractivity contribution is 0.626. The highest BCUT2D eigenvalue weighted by atomic mass is 19.1. The number of H-pyrrole nitrogens is 1. The van der Waals surface area contributed by atoms with E-state index in [9.17, 15) is 13.6 Å². The molecule has 0 aliphatic heterocycles. The summed E-state index contributed by atoms with van der Waals surface area (Å²) in [6.45, 7) is 3.77. The number of aryl methyl sites for hydroxylation is 1. The summed E-state index contributed by atoms with van der Waals surface area (Å²) in [6.07, 6.45) is 1.52. The second-order valence-corrected chi connectivity index (χ2v) is 6.01. The molecule has 0 radical (unpaired) electrons. The lowest BCUT2D eigenvalue weighted by atomic mass is 10.1. The van der Waals surface area contributed by atoms with Crippen LogP contribution in [-0.4, -0.2) is 15.5 Å². The molecule has 1 N–H and O–H groups in total. The molecular formula is C20H19F2N3O. The Labute approximate surface area is 149 Å². The van der Waals surface area contributed by atoms with E-state index in [-0.39, 0.29) is 17.2 Å². The first kappa shape index (κ1) is 17.8. The first-order valence-corrected chi connectivity index (χ1v) is 8.40. The minimum Gasteiger partial charge on any atom is -0.294 e. The second-order valence-electron chi connectivity index (χ2n) is 6.01. The average Bonchev–Trinajstić information content (AvgIpc) is 2.94. The Hall–Kier alpha value is -3.02. The number of nitrogens with one attached hydrogen (secondary N) is 1. The van der Waals surface area contributed by atoms with E-state index in [1.165, 1.54) is 28.9 Å². The summed E-state index contributed by atoms with van der Waals surface area (Å²) in [6, 6.07) is 11.5. The first-order chi connectivity index (χ1) is 12.5. The van der Waals surface area contributed by atoms with E-state index in [0.717, 1.165) is 12.1 Å². The maximum atomic E-state index is 13.2. The standard InChI is InChI=1S/C20H19F2N3O/c1-3-4-18-19(13(2)23-16-9-5-14(21)6-10-16)20(26)25(24-18)17-11-7-15(22)8-12-17/h5-12,24H,3-4H2,1-2H3. The minimum atomic E-state index is -0.364. The first-order valence-electron chi connectivity index (χ1n) is 8.40. The van der Waals surface area contributed by atoms with Gasteiger partial charge >= 0.3 is 0 Å². The quantitative estimate of drug-likeness (QED) is 0.671. The van der Waals surface area contributed by atoms with Gasteiger partial charge in [0.2, 0.25) is 0 Å². The van der Waals surface area contributed by atoms with Crippen LogP contribution in [0.4, 0.5) is 14.5 Å². The van der Waals surface area contributed by atoms with Gasteiger partial charge in [-0.1, -0.05) is 13.3 Å². The topological polar surface area (TPSA) is 50.1 Å². The molecule has 0 aliphatic rings. The predicted octanol–water partition coefficient (Wildman–Crippen LogP) is 4.54. The molecule has 2 aromatic carbocycles. The normalized spacial score (nSPS) is 11.8. The van der Waals surface area contributed by atoms with E-state index in [0.29, 0.717) is 29.1 Å². The van der Waals surface area contributed by atoms with E-state index in [1.54, 1.807) is 31.2 Å². The largest absolute Gasteiger partial charge is 0.294 e. The highest BCUT2D eigenvalue weighted by Crippen LogP contribution is 2.16. The van der Waals surface area contributed by atoms with Crippen molar-refractivity contribution < 1.29 is 8.78 Å². The Morgan fingerprint density at radius 2 is 1.62 bits per heavy atom. The SMILES string of the molecule is CCCc1[nH]n(-c2ccc(F)cc2)c(=O)c1C(C)=Nc1ccc(F)cc1. The predicted molar refractivity (Wildman–Crippen MR) is 98.6 cm³/mol. The van der Waals surface area contributed by atoms with Crippen molar-refractivity contribution in [1.82, 2.24) is 9.78 Å². The van der Waals surface area contributed by atoms with Crippen LogP contribution in [0.25, 0.3) is 5.69 Å². The van der Waals surface area contributed by atoms with Crippen molar-refractivity contribution in [2.75, 3.05) is 0 Å². The van der Waals surface area contributed by atoms with Crippen LogP contribution in [0.15, 0.2) is 58.3 Å². The second kappa shape index (κ2) is 7.47. The van der Waals surface area contributed by atoms with Gasteiger partial charge in [-0.2, -0.15) is 0 Å². The lowest BCUT2D eigenvalue weighted by Gasteiger charge is -2.01. The maximum absolute atomic E-state index is 13.2. The van der Waals surface area contributed by atoms with Crippen LogP contribution in [0, 0.1) is 11.6 Å². The fourth-order valence-corrected chi connectivity index (χ4v) is 2.82. The van der Waals surface area contributed by atoms with Crippen molar-refractivity contribution in [3.05, 3.63) is 81.8 Å². The Morgan fingerprint density at radius 3 is 2.19 bits per heavy atom. The fourth-order valence-electron chi connectivity index (χ4n) is 2.82. The number of aliphatic imine (C=N–C) groups is 1. The monoisotopic (exact) mass is 355 g/mol. The summed E-state index contributed by atoms with van der Waals surface area (Å²) in [5.41, 5.74) is 2.67. The zero-order valence-electron chi connectivity index (χ0n) is 14.6. The summed E-state index contributed by atoms with van der Waals surface area (Å²) in [7, 11) is 0. The molecule has 3 aromatic rings. The maximum Gasteiger partial charge on any atom is 0.280 e. The molecule has 0 spiro atoms. The zero-order valence-corrected chi connectivity index (χ0v) is 14.6.